The first-order chi connectivity index (χ1) is 12.4. The Morgan fingerprint density at radius 1 is 0.840 bits per heavy atom. The minimum absolute atomic E-state index is 0.648. The molecule has 2 aromatic rings. The maximum Gasteiger partial charge on any atom is 0.184 e. The summed E-state index contributed by atoms with van der Waals surface area (Å²) < 4.78 is 11.6. The third-order valence-corrected chi connectivity index (χ3v) is 5.92. The van der Waals surface area contributed by atoms with E-state index in [9.17, 15) is 0 Å². The van der Waals surface area contributed by atoms with Crippen molar-refractivity contribution in [1.82, 2.24) is 0 Å². The van der Waals surface area contributed by atoms with E-state index in [1.807, 2.05) is 6.07 Å². The fourth-order valence-electron chi connectivity index (χ4n) is 4.60. The first-order valence-electron chi connectivity index (χ1n) is 9.43. The van der Waals surface area contributed by atoms with Gasteiger partial charge in [0.25, 0.3) is 0 Å². The number of fused-ring (bicyclic) bond motifs is 2. The summed E-state index contributed by atoms with van der Waals surface area (Å²) in [5, 5.41) is 0. The lowest BCUT2D eigenvalue weighted by atomic mass is 10.1. The van der Waals surface area contributed by atoms with Gasteiger partial charge in [0.2, 0.25) is 0 Å². The van der Waals surface area contributed by atoms with Gasteiger partial charge in [-0.05, 0) is 23.3 Å². The van der Waals surface area contributed by atoms with Crippen molar-refractivity contribution in [2.45, 2.75) is 18.9 Å². The van der Waals surface area contributed by atoms with Crippen LogP contribution in [0.4, 0.5) is 5.69 Å². The normalized spacial score (nSPS) is 20.6. The lowest BCUT2D eigenvalue weighted by Crippen LogP contribution is -3.18. The van der Waals surface area contributed by atoms with Gasteiger partial charge in [-0.2, -0.15) is 0 Å². The molecule has 1 N–H and O–H groups in total. The molecule has 2 aliphatic heterocycles. The molecule has 0 radical (unpaired) electrons. The van der Waals surface area contributed by atoms with Crippen LogP contribution in [0.5, 0.6) is 11.5 Å². The maximum atomic E-state index is 5.90. The number of ether oxygens (including phenoxy) is 2. The average molecular weight is 337 g/mol. The number of rotatable bonds is 2. The molecule has 4 nitrogen and oxygen atoms in total. The molecule has 5 rings (SSSR count). The Balaban J connectivity index is 1.27. The molecule has 0 amide bonds. The van der Waals surface area contributed by atoms with Crippen molar-refractivity contribution in [3.63, 3.8) is 0 Å². The van der Waals surface area contributed by atoms with Crippen molar-refractivity contribution in [1.29, 1.82) is 0 Å². The van der Waals surface area contributed by atoms with Gasteiger partial charge in [0, 0.05) is 12.8 Å². The monoisotopic (exact) mass is 337 g/mol. The first kappa shape index (κ1) is 15.1. The van der Waals surface area contributed by atoms with Crippen LogP contribution in [0.25, 0.3) is 0 Å². The lowest BCUT2D eigenvalue weighted by Gasteiger charge is -2.37. The number of quaternary nitrogens is 1. The van der Waals surface area contributed by atoms with Gasteiger partial charge in [-0.25, -0.2) is 0 Å². The largest absolute Gasteiger partial charge is 0.486 e. The quantitative estimate of drug-likeness (QED) is 0.895. The van der Waals surface area contributed by atoms with Gasteiger partial charge >= 0.3 is 0 Å². The van der Waals surface area contributed by atoms with Crippen LogP contribution in [-0.4, -0.2) is 45.4 Å². The summed E-state index contributed by atoms with van der Waals surface area (Å²) in [6, 6.07) is 16.0. The van der Waals surface area contributed by atoms with Gasteiger partial charge < -0.3 is 19.3 Å². The van der Waals surface area contributed by atoms with Crippen molar-refractivity contribution in [3.05, 3.63) is 53.6 Å². The Hall–Kier alpha value is -2.20. The predicted molar refractivity (Wildman–Crippen MR) is 98.0 cm³/mol. The molecule has 0 bridgehead atoms. The summed E-state index contributed by atoms with van der Waals surface area (Å²) in [6.07, 6.45) is 2.48. The molecule has 3 aliphatic rings. The highest BCUT2D eigenvalue weighted by molar-refractivity contribution is 5.65. The number of nitrogens with one attached hydrogen (secondary N) is 1. The second kappa shape index (κ2) is 6.26. The van der Waals surface area contributed by atoms with E-state index in [1.54, 1.807) is 16.0 Å². The summed E-state index contributed by atoms with van der Waals surface area (Å²) in [5.74, 6) is 1.83. The van der Waals surface area contributed by atoms with Crippen LogP contribution in [0.15, 0.2) is 42.5 Å². The Kier molecular flexibility index (Phi) is 3.78. The average Bonchev–Trinajstić information content (AvgIpc) is 3.12. The molecule has 4 heteroatoms. The molecule has 0 aromatic heterocycles. The Morgan fingerprint density at radius 2 is 1.56 bits per heavy atom. The standard InChI is InChI=1S/C21H24N2O2/c1-2-5-17-15-18(14-16(17)4-1)22-8-10-23(11-9-22)19-6-3-7-20-21(19)25-13-12-24-20/h1-7,18H,8-15H2/p+1. The predicted octanol–water partition coefficient (Wildman–Crippen LogP) is 1.33. The Morgan fingerprint density at radius 3 is 2.32 bits per heavy atom. The lowest BCUT2D eigenvalue weighted by molar-refractivity contribution is -0.925. The van der Waals surface area contributed by atoms with Crippen LogP contribution in [0.3, 0.4) is 0 Å². The van der Waals surface area contributed by atoms with Crippen LogP contribution < -0.4 is 19.3 Å². The summed E-state index contributed by atoms with van der Waals surface area (Å²) >= 11 is 0. The third-order valence-electron chi connectivity index (χ3n) is 5.92. The van der Waals surface area contributed by atoms with Crippen molar-refractivity contribution >= 4 is 5.69 Å². The van der Waals surface area contributed by atoms with Gasteiger partial charge in [0.05, 0.1) is 37.9 Å². The molecule has 0 atom stereocenters. The number of piperazine rings is 1. The highest BCUT2D eigenvalue weighted by Crippen LogP contribution is 2.39. The van der Waals surface area contributed by atoms with E-state index in [1.165, 1.54) is 31.6 Å². The zero-order valence-corrected chi connectivity index (χ0v) is 14.5. The second-order valence-corrected chi connectivity index (χ2v) is 7.32. The van der Waals surface area contributed by atoms with E-state index in [0.717, 1.165) is 30.6 Å². The number of benzene rings is 2. The fraction of sp³-hybridized carbons (Fsp3) is 0.429. The Bertz CT molecular complexity index is 743. The van der Waals surface area contributed by atoms with Gasteiger partial charge in [-0.15, -0.1) is 0 Å². The van der Waals surface area contributed by atoms with E-state index >= 15 is 0 Å². The Labute approximate surface area is 149 Å². The highest BCUT2D eigenvalue weighted by atomic mass is 16.6. The molecule has 0 spiro atoms. The van der Waals surface area contributed by atoms with Crippen LogP contribution in [0.2, 0.25) is 0 Å². The minimum atomic E-state index is 0.648. The van der Waals surface area contributed by atoms with Gasteiger partial charge in [-0.3, -0.25) is 0 Å². The highest BCUT2D eigenvalue weighted by Gasteiger charge is 2.33. The van der Waals surface area contributed by atoms with Crippen LogP contribution in [0.1, 0.15) is 11.1 Å². The fourth-order valence-corrected chi connectivity index (χ4v) is 4.60. The third kappa shape index (κ3) is 2.74. The van der Waals surface area contributed by atoms with E-state index < -0.39 is 0 Å². The van der Waals surface area contributed by atoms with Crippen molar-refractivity contribution in [3.8, 4) is 11.5 Å². The molecule has 25 heavy (non-hydrogen) atoms. The molecular weight excluding hydrogens is 312 g/mol. The molecule has 130 valence electrons. The molecule has 0 saturated carbocycles. The topological polar surface area (TPSA) is 26.1 Å². The number of hydrogen-bond acceptors (Lipinski definition) is 3. The second-order valence-electron chi connectivity index (χ2n) is 7.32. The number of para-hydroxylation sites is 1. The summed E-state index contributed by atoms with van der Waals surface area (Å²) in [6.45, 7) is 5.86. The van der Waals surface area contributed by atoms with Gasteiger partial charge in [-0.1, -0.05) is 30.3 Å². The van der Waals surface area contributed by atoms with Crippen LogP contribution in [0, 0.1) is 0 Å². The number of nitrogens with zero attached hydrogens (tertiary/aromatic N) is 1. The number of anilines is 1. The van der Waals surface area contributed by atoms with Crippen LogP contribution >= 0.6 is 0 Å². The van der Waals surface area contributed by atoms with Gasteiger partial charge in [0.15, 0.2) is 11.5 Å². The van der Waals surface area contributed by atoms with Crippen molar-refractivity contribution < 1.29 is 14.4 Å². The molecule has 2 aromatic carbocycles. The van der Waals surface area contributed by atoms with Crippen molar-refractivity contribution in [2.75, 3.05) is 44.3 Å². The van der Waals surface area contributed by atoms with Crippen LogP contribution in [-0.2, 0) is 12.8 Å². The van der Waals surface area contributed by atoms with Gasteiger partial charge in [0.1, 0.15) is 13.2 Å². The molecular formula is C21H25N2O2+. The zero-order chi connectivity index (χ0) is 16.6. The molecule has 1 aliphatic carbocycles. The maximum absolute atomic E-state index is 5.90. The first-order valence-corrected chi connectivity index (χ1v) is 9.43. The minimum Gasteiger partial charge on any atom is -0.486 e. The molecule has 0 unspecified atom stereocenters. The molecule has 1 saturated heterocycles. The summed E-state index contributed by atoms with van der Waals surface area (Å²) in [7, 11) is 0. The van der Waals surface area contributed by atoms with E-state index in [4.69, 9.17) is 9.47 Å². The summed E-state index contributed by atoms with van der Waals surface area (Å²) in [4.78, 5) is 4.23. The SMILES string of the molecule is c1ccc2c(c1)CC([NH+]1CCN(c3cccc4c3OCCO4)CC1)C2. The van der Waals surface area contributed by atoms with E-state index in [2.05, 4.69) is 41.3 Å². The summed E-state index contributed by atoms with van der Waals surface area (Å²) in [5.41, 5.74) is 4.32. The number of hydrogen-bond donors (Lipinski definition) is 1. The van der Waals surface area contributed by atoms with Crippen molar-refractivity contribution in [2.24, 2.45) is 0 Å². The van der Waals surface area contributed by atoms with E-state index in [-0.39, 0.29) is 0 Å². The zero-order valence-electron chi connectivity index (χ0n) is 14.5. The molecule has 1 fully saturated rings. The van der Waals surface area contributed by atoms with E-state index in [0.29, 0.717) is 13.2 Å². The smallest absolute Gasteiger partial charge is 0.184 e. The molecule has 2 heterocycles.